The summed E-state index contributed by atoms with van der Waals surface area (Å²) in [5.74, 6) is -0.512. The number of para-hydroxylation sites is 1. The predicted molar refractivity (Wildman–Crippen MR) is 93.8 cm³/mol. The normalized spacial score (nSPS) is 11.7. The first kappa shape index (κ1) is 18.2. The molecule has 0 aliphatic heterocycles. The van der Waals surface area contributed by atoms with Gasteiger partial charge < -0.3 is 5.32 Å². The topological polar surface area (TPSA) is 66.5 Å². The average molecular weight is 393 g/mol. The highest BCUT2D eigenvalue weighted by atomic mass is 35.5. The Morgan fingerprint density at radius 3 is 2.39 bits per heavy atom. The van der Waals surface area contributed by atoms with Crippen LogP contribution in [0.2, 0.25) is 10.0 Å². The fourth-order valence-corrected chi connectivity index (χ4v) is 4.90. The van der Waals surface area contributed by atoms with Crippen molar-refractivity contribution in [3.63, 3.8) is 0 Å². The lowest BCUT2D eigenvalue weighted by Gasteiger charge is -2.19. The number of halogens is 2. The molecule has 0 saturated heterocycles. The highest BCUT2D eigenvalue weighted by Gasteiger charge is 2.26. The van der Waals surface area contributed by atoms with E-state index in [0.29, 0.717) is 0 Å². The zero-order valence-corrected chi connectivity index (χ0v) is 15.3. The number of amides is 1. The second-order valence-electron chi connectivity index (χ2n) is 4.51. The van der Waals surface area contributed by atoms with Gasteiger partial charge in [-0.1, -0.05) is 42.3 Å². The van der Waals surface area contributed by atoms with Crippen molar-refractivity contribution in [3.05, 3.63) is 45.8 Å². The highest BCUT2D eigenvalue weighted by Crippen LogP contribution is 2.30. The molecule has 1 N–H and O–H groups in total. The minimum atomic E-state index is -3.69. The Bertz CT molecular complexity index is 772. The molecule has 124 valence electrons. The van der Waals surface area contributed by atoms with Crippen molar-refractivity contribution < 1.29 is 13.2 Å². The van der Waals surface area contributed by atoms with Crippen molar-refractivity contribution in [2.75, 3.05) is 18.4 Å². The molecule has 0 aliphatic carbocycles. The number of carbonyl (C=O) groups excluding carboxylic acids is 1. The van der Waals surface area contributed by atoms with Gasteiger partial charge in [-0.3, -0.25) is 4.79 Å². The van der Waals surface area contributed by atoms with E-state index < -0.39 is 15.9 Å². The zero-order valence-electron chi connectivity index (χ0n) is 12.1. The molecule has 0 bridgehead atoms. The first-order chi connectivity index (χ1) is 10.9. The summed E-state index contributed by atoms with van der Waals surface area (Å²) >= 11 is 13.1. The lowest BCUT2D eigenvalue weighted by Crippen LogP contribution is -2.37. The van der Waals surface area contributed by atoms with Gasteiger partial charge in [0.1, 0.15) is 4.21 Å². The smallest absolute Gasteiger partial charge is 0.253 e. The molecule has 0 atom stereocenters. The molecule has 0 spiro atoms. The van der Waals surface area contributed by atoms with Crippen LogP contribution in [0.4, 0.5) is 5.69 Å². The molecule has 0 unspecified atom stereocenters. The van der Waals surface area contributed by atoms with Crippen molar-refractivity contribution in [1.82, 2.24) is 4.31 Å². The Morgan fingerprint density at radius 1 is 1.22 bits per heavy atom. The minimum Gasteiger partial charge on any atom is -0.322 e. The molecule has 1 amide bonds. The number of nitrogens with zero attached hydrogens (tertiary/aromatic N) is 1. The molecule has 0 fully saturated rings. The van der Waals surface area contributed by atoms with Gasteiger partial charge in [-0.15, -0.1) is 11.3 Å². The van der Waals surface area contributed by atoms with Crippen LogP contribution in [0, 0.1) is 0 Å². The van der Waals surface area contributed by atoms with Crippen molar-refractivity contribution in [2.45, 2.75) is 11.1 Å². The number of anilines is 1. The van der Waals surface area contributed by atoms with Crippen molar-refractivity contribution >= 4 is 56.2 Å². The van der Waals surface area contributed by atoms with Crippen LogP contribution in [0.25, 0.3) is 0 Å². The monoisotopic (exact) mass is 392 g/mol. The third-order valence-electron chi connectivity index (χ3n) is 2.99. The van der Waals surface area contributed by atoms with Crippen LogP contribution in [0.1, 0.15) is 6.92 Å². The van der Waals surface area contributed by atoms with Crippen LogP contribution in [0.5, 0.6) is 0 Å². The first-order valence-corrected chi connectivity index (χ1v) is 9.71. The van der Waals surface area contributed by atoms with E-state index in [1.807, 2.05) is 0 Å². The summed E-state index contributed by atoms with van der Waals surface area (Å²) in [5, 5.41) is 4.80. The standard InChI is InChI=1S/C14H14Cl2N2O3S2/c1-2-18(23(20,21)13-7-4-8-22-13)9-12(19)17-14-10(15)5-3-6-11(14)16/h3-8H,2,9H2,1H3,(H,17,19). The van der Waals surface area contributed by atoms with Crippen LogP contribution in [-0.2, 0) is 14.8 Å². The van der Waals surface area contributed by atoms with Crippen LogP contribution in [0.15, 0.2) is 39.9 Å². The lowest BCUT2D eigenvalue weighted by atomic mass is 10.3. The van der Waals surface area contributed by atoms with E-state index in [9.17, 15) is 13.2 Å². The van der Waals surface area contributed by atoms with Gasteiger partial charge in [-0.2, -0.15) is 4.31 Å². The highest BCUT2D eigenvalue weighted by molar-refractivity contribution is 7.91. The molecule has 1 heterocycles. The number of carbonyl (C=O) groups is 1. The summed E-state index contributed by atoms with van der Waals surface area (Å²) in [7, 11) is -3.69. The molecule has 0 saturated carbocycles. The molecular weight excluding hydrogens is 379 g/mol. The van der Waals surface area contributed by atoms with Crippen LogP contribution >= 0.6 is 34.5 Å². The Kier molecular flexibility index (Phi) is 6.05. The molecule has 0 radical (unpaired) electrons. The van der Waals surface area contributed by atoms with Gasteiger partial charge in [-0.25, -0.2) is 8.42 Å². The molecule has 9 heteroatoms. The van der Waals surface area contributed by atoms with Crippen molar-refractivity contribution in [2.24, 2.45) is 0 Å². The molecule has 2 rings (SSSR count). The van der Waals surface area contributed by atoms with E-state index in [4.69, 9.17) is 23.2 Å². The molecular formula is C14H14Cl2N2O3S2. The third kappa shape index (κ3) is 4.24. The Hall–Kier alpha value is -1.12. The molecule has 5 nitrogen and oxygen atoms in total. The maximum atomic E-state index is 12.5. The number of rotatable bonds is 6. The molecule has 1 aromatic carbocycles. The zero-order chi connectivity index (χ0) is 17.0. The van der Waals surface area contributed by atoms with Gasteiger partial charge >= 0.3 is 0 Å². The maximum absolute atomic E-state index is 12.5. The number of hydrogen-bond acceptors (Lipinski definition) is 4. The fourth-order valence-electron chi connectivity index (χ4n) is 1.86. The van der Waals surface area contributed by atoms with Crippen LogP contribution in [-0.4, -0.2) is 31.7 Å². The fraction of sp³-hybridized carbons (Fsp3) is 0.214. The van der Waals surface area contributed by atoms with Crippen LogP contribution < -0.4 is 5.32 Å². The van der Waals surface area contributed by atoms with Gasteiger partial charge in [0.05, 0.1) is 22.3 Å². The summed E-state index contributed by atoms with van der Waals surface area (Å²) in [6.07, 6.45) is 0. The largest absolute Gasteiger partial charge is 0.322 e. The lowest BCUT2D eigenvalue weighted by molar-refractivity contribution is -0.116. The number of benzene rings is 1. The predicted octanol–water partition coefficient (Wildman–Crippen LogP) is 3.70. The molecule has 2 aromatic rings. The molecule has 23 heavy (non-hydrogen) atoms. The van der Waals surface area contributed by atoms with E-state index in [-0.39, 0.29) is 33.0 Å². The molecule has 1 aromatic heterocycles. The third-order valence-corrected chi connectivity index (χ3v) is 6.91. The number of nitrogens with one attached hydrogen (secondary N) is 1. The summed E-state index contributed by atoms with van der Waals surface area (Å²) in [4.78, 5) is 12.2. The summed E-state index contributed by atoms with van der Waals surface area (Å²) in [5.41, 5.74) is 0.269. The molecule has 0 aliphatic rings. The minimum absolute atomic E-state index is 0.171. The van der Waals surface area contributed by atoms with Gasteiger partial charge in [0.2, 0.25) is 5.91 Å². The second-order valence-corrected chi connectivity index (χ2v) is 8.44. The Balaban J connectivity index is 2.15. The van der Waals surface area contributed by atoms with Crippen molar-refractivity contribution in [1.29, 1.82) is 0 Å². The number of thiophene rings is 1. The summed E-state index contributed by atoms with van der Waals surface area (Å²) in [6, 6.07) is 7.98. The summed E-state index contributed by atoms with van der Waals surface area (Å²) in [6.45, 7) is 1.52. The number of likely N-dealkylation sites (N-methyl/N-ethyl adjacent to an activating group) is 1. The van der Waals surface area contributed by atoms with Gasteiger partial charge in [0.15, 0.2) is 0 Å². The van der Waals surface area contributed by atoms with E-state index in [2.05, 4.69) is 5.32 Å². The van der Waals surface area contributed by atoms with Gasteiger partial charge in [-0.05, 0) is 23.6 Å². The Morgan fingerprint density at radius 2 is 1.87 bits per heavy atom. The van der Waals surface area contributed by atoms with E-state index in [1.54, 1.807) is 36.6 Å². The quantitative estimate of drug-likeness (QED) is 0.814. The Labute approximate surface area is 148 Å². The summed E-state index contributed by atoms with van der Waals surface area (Å²) < 4.78 is 26.2. The second kappa shape index (κ2) is 7.63. The SMILES string of the molecule is CCN(CC(=O)Nc1c(Cl)cccc1Cl)S(=O)(=O)c1cccs1. The van der Waals surface area contributed by atoms with E-state index in [1.165, 1.54) is 6.07 Å². The van der Waals surface area contributed by atoms with Crippen LogP contribution in [0.3, 0.4) is 0 Å². The van der Waals surface area contributed by atoms with Crippen molar-refractivity contribution in [3.8, 4) is 0 Å². The number of sulfonamides is 1. The average Bonchev–Trinajstić information content (AvgIpc) is 3.03. The van der Waals surface area contributed by atoms with Gasteiger partial charge in [0, 0.05) is 6.54 Å². The van der Waals surface area contributed by atoms with E-state index >= 15 is 0 Å². The first-order valence-electron chi connectivity index (χ1n) is 6.63. The maximum Gasteiger partial charge on any atom is 0.253 e. The number of hydrogen-bond donors (Lipinski definition) is 1. The van der Waals surface area contributed by atoms with Gasteiger partial charge in [0.25, 0.3) is 10.0 Å². The van der Waals surface area contributed by atoms with E-state index in [0.717, 1.165) is 15.6 Å².